The average molecular weight is 1200 g/mol. The molecule has 18 aromatic rings. The van der Waals surface area contributed by atoms with Crippen LogP contribution in [0.25, 0.3) is 171 Å². The Balaban J connectivity index is 0.699. The molecule has 1 aliphatic carbocycles. The Hall–Kier alpha value is -12.0. The van der Waals surface area contributed by atoms with Crippen LogP contribution in [0.1, 0.15) is 23.6 Å². The third kappa shape index (κ3) is 8.66. The van der Waals surface area contributed by atoms with Gasteiger partial charge in [-0.1, -0.05) is 219 Å². The van der Waals surface area contributed by atoms with Gasteiger partial charge in [0.25, 0.3) is 0 Å². The quantitative estimate of drug-likeness (QED) is 0.128. The zero-order valence-corrected chi connectivity index (χ0v) is 51.9. The van der Waals surface area contributed by atoms with Crippen LogP contribution >= 0.6 is 0 Å². The first-order chi connectivity index (χ1) is 46.5. The van der Waals surface area contributed by atoms with E-state index in [1.165, 1.54) is 171 Å². The van der Waals surface area contributed by atoms with E-state index >= 15 is 0 Å². The lowest BCUT2D eigenvalue weighted by molar-refractivity contribution is 0.743. The number of allylic oxidation sites excluding steroid dienone is 1. The van der Waals surface area contributed by atoms with Crippen LogP contribution < -0.4 is 0 Å². The molecule has 0 N–H and O–H groups in total. The Bertz CT molecular complexity index is 6060. The fourth-order valence-electron chi connectivity index (χ4n) is 15.8. The largest absolute Gasteiger partial charge is 0.309 e. The first kappa shape index (κ1) is 53.8. The second-order valence-corrected chi connectivity index (χ2v) is 25.6. The first-order valence-electron chi connectivity index (χ1n) is 32.8. The minimum atomic E-state index is 0.307. The van der Waals surface area contributed by atoms with Gasteiger partial charge in [0, 0.05) is 49.4 Å². The summed E-state index contributed by atoms with van der Waals surface area (Å²) in [5.41, 5.74) is 28.1. The summed E-state index contributed by atoms with van der Waals surface area (Å²) >= 11 is 0. The van der Waals surface area contributed by atoms with Crippen LogP contribution in [-0.4, -0.2) is 13.7 Å². The van der Waals surface area contributed by atoms with Crippen LogP contribution in [0.2, 0.25) is 0 Å². The number of rotatable bonds is 9. The first-order valence-corrected chi connectivity index (χ1v) is 32.8. The van der Waals surface area contributed by atoms with Crippen molar-refractivity contribution in [3.63, 3.8) is 0 Å². The Labute approximate surface area is 545 Å². The monoisotopic (exact) mass is 1200 g/mol. The lowest BCUT2D eigenvalue weighted by Crippen LogP contribution is -2.10. The molecular weight excluding hydrogens is 1140 g/mol. The molecule has 1 aliphatic rings. The highest BCUT2D eigenvalue weighted by Crippen LogP contribution is 2.46. The van der Waals surface area contributed by atoms with E-state index in [9.17, 15) is 0 Å². The molecule has 0 bridgehead atoms. The summed E-state index contributed by atoms with van der Waals surface area (Å²) in [5, 5.41) is 12.6. The third-order valence-corrected chi connectivity index (χ3v) is 20.2. The Morgan fingerprint density at radius 3 is 1.20 bits per heavy atom. The highest BCUT2D eigenvalue weighted by atomic mass is 15.0. The number of hydrogen-bond acceptors (Lipinski definition) is 0. The molecular formula is C91H61N3. The van der Waals surface area contributed by atoms with Crippen molar-refractivity contribution in [1.82, 2.24) is 13.7 Å². The molecule has 19 rings (SSSR count). The third-order valence-electron chi connectivity index (χ3n) is 20.2. The highest BCUT2D eigenvalue weighted by molar-refractivity contribution is 6.17. The molecule has 0 radical (unpaired) electrons. The number of nitrogens with zero attached hydrogens (tertiary/aromatic N) is 3. The molecule has 3 nitrogen and oxygen atoms in total. The lowest BCUT2D eigenvalue weighted by Gasteiger charge is -2.27. The van der Waals surface area contributed by atoms with Crippen molar-refractivity contribution >= 4 is 98.6 Å². The number of hydrogen-bond donors (Lipinski definition) is 0. The van der Waals surface area contributed by atoms with Crippen molar-refractivity contribution in [2.24, 2.45) is 5.92 Å². The number of fused-ring (bicyclic) bond motifs is 15. The van der Waals surface area contributed by atoms with E-state index < -0.39 is 0 Å². The van der Waals surface area contributed by atoms with E-state index in [0.29, 0.717) is 5.92 Å². The van der Waals surface area contributed by atoms with E-state index in [1.54, 1.807) is 0 Å². The molecule has 3 heterocycles. The minimum Gasteiger partial charge on any atom is -0.309 e. The average Bonchev–Trinajstić information content (AvgIpc) is 1.15. The van der Waals surface area contributed by atoms with Gasteiger partial charge in [-0.05, 0) is 233 Å². The van der Waals surface area contributed by atoms with E-state index in [1.807, 2.05) is 0 Å². The molecule has 94 heavy (non-hydrogen) atoms. The Morgan fingerprint density at radius 2 is 0.606 bits per heavy atom. The van der Waals surface area contributed by atoms with Crippen LogP contribution in [0.3, 0.4) is 0 Å². The van der Waals surface area contributed by atoms with Gasteiger partial charge >= 0.3 is 0 Å². The standard InChI is InChI=1S/C91H61N3/c1-58-47-80-75-42-37-62(52-81(75)73-31-14-15-32-74(73)82(80)57-79(58)66-26-20-25-61(48-66)69-50-67(59-21-6-2-7-22-59)49-68(51-69)60-23-8-3-9-24-60)65-38-43-78-85-56-72(41-46-90(85)93(91(78)55-65)71-29-12-5-13-30-71)94-87-36-19-17-34-77(87)84-54-64(40-45-89(84)94)63-39-44-88-83(53-63)76-33-16-18-35-86(76)92(88)70-27-10-4-11-28-70/h2-46,48-58H,47H2,1H3. The normalized spacial score (nSPS) is 13.3. The summed E-state index contributed by atoms with van der Waals surface area (Å²) < 4.78 is 7.31. The molecule has 1 unspecified atom stereocenters. The van der Waals surface area contributed by atoms with Crippen molar-refractivity contribution < 1.29 is 0 Å². The SMILES string of the molecule is CC1Cc2c(c3ccccc3c3cc(-c4ccc5c6cc(-n7c8ccccc8c8cc(-c9ccc%10c(c9)c9ccccc9n%10-c9ccccc9)ccc87)ccc6n(-c6ccccc6)c5c4)ccc23)C=C1c1cccc(-c2cc(-c3ccccc3)cc(-c3ccccc3)c2)c1. The topological polar surface area (TPSA) is 14.8 Å². The van der Waals surface area contributed by atoms with E-state index in [2.05, 4.69) is 354 Å². The summed E-state index contributed by atoms with van der Waals surface area (Å²) in [4.78, 5) is 0. The molecule has 0 saturated heterocycles. The Morgan fingerprint density at radius 1 is 0.223 bits per heavy atom. The molecule has 3 heteroatoms. The molecule has 0 aliphatic heterocycles. The van der Waals surface area contributed by atoms with Crippen LogP contribution in [-0.2, 0) is 6.42 Å². The molecule has 0 saturated carbocycles. The van der Waals surface area contributed by atoms with Gasteiger partial charge in [0.1, 0.15) is 0 Å². The summed E-state index contributed by atoms with van der Waals surface area (Å²) in [6, 6.07) is 122. The van der Waals surface area contributed by atoms with Gasteiger partial charge in [-0.25, -0.2) is 0 Å². The van der Waals surface area contributed by atoms with Crippen LogP contribution in [0.5, 0.6) is 0 Å². The Kier molecular flexibility index (Phi) is 12.3. The van der Waals surface area contributed by atoms with Gasteiger partial charge in [-0.2, -0.15) is 0 Å². The van der Waals surface area contributed by atoms with Crippen LogP contribution in [0.4, 0.5) is 0 Å². The lowest BCUT2D eigenvalue weighted by atomic mass is 9.77. The zero-order chi connectivity index (χ0) is 62.0. The zero-order valence-electron chi connectivity index (χ0n) is 51.9. The van der Waals surface area contributed by atoms with Crippen molar-refractivity contribution in [2.45, 2.75) is 13.3 Å². The summed E-state index contributed by atoms with van der Waals surface area (Å²) in [7, 11) is 0. The second-order valence-electron chi connectivity index (χ2n) is 25.6. The summed E-state index contributed by atoms with van der Waals surface area (Å²) in [6.45, 7) is 2.41. The molecule has 3 aromatic heterocycles. The van der Waals surface area contributed by atoms with E-state index in [4.69, 9.17) is 0 Å². The molecule has 0 amide bonds. The maximum Gasteiger partial charge on any atom is 0.0547 e. The molecule has 15 aromatic carbocycles. The number of para-hydroxylation sites is 4. The fraction of sp³-hybridized carbons (Fsp3) is 0.0330. The number of benzene rings is 15. The predicted octanol–water partition coefficient (Wildman–Crippen LogP) is 24.4. The van der Waals surface area contributed by atoms with Gasteiger partial charge in [0.2, 0.25) is 0 Å². The predicted molar refractivity (Wildman–Crippen MR) is 399 cm³/mol. The van der Waals surface area contributed by atoms with E-state index in [-0.39, 0.29) is 0 Å². The smallest absolute Gasteiger partial charge is 0.0547 e. The highest BCUT2D eigenvalue weighted by Gasteiger charge is 2.26. The van der Waals surface area contributed by atoms with E-state index in [0.717, 1.165) is 17.8 Å². The van der Waals surface area contributed by atoms with Gasteiger partial charge in [0.05, 0.1) is 33.1 Å². The maximum absolute atomic E-state index is 2.52. The molecule has 440 valence electrons. The van der Waals surface area contributed by atoms with Crippen molar-refractivity contribution in [3.8, 4) is 72.7 Å². The second kappa shape index (κ2) is 21.6. The molecule has 1 atom stereocenters. The maximum atomic E-state index is 2.52. The fourth-order valence-corrected chi connectivity index (χ4v) is 15.8. The van der Waals surface area contributed by atoms with Gasteiger partial charge < -0.3 is 13.7 Å². The van der Waals surface area contributed by atoms with Crippen LogP contribution in [0, 0.1) is 5.92 Å². The molecule has 0 fully saturated rings. The van der Waals surface area contributed by atoms with Crippen LogP contribution in [0.15, 0.2) is 328 Å². The van der Waals surface area contributed by atoms with Gasteiger partial charge in [-0.3, -0.25) is 0 Å². The molecule has 0 spiro atoms. The number of aromatic nitrogens is 3. The van der Waals surface area contributed by atoms with Gasteiger partial charge in [0.15, 0.2) is 0 Å². The van der Waals surface area contributed by atoms with Crippen molar-refractivity contribution in [1.29, 1.82) is 0 Å². The summed E-state index contributed by atoms with van der Waals surface area (Å²) in [5.74, 6) is 0.307. The summed E-state index contributed by atoms with van der Waals surface area (Å²) in [6.07, 6.45) is 3.47. The minimum absolute atomic E-state index is 0.307. The van der Waals surface area contributed by atoms with Crippen molar-refractivity contribution in [2.75, 3.05) is 0 Å². The van der Waals surface area contributed by atoms with Crippen molar-refractivity contribution in [3.05, 3.63) is 344 Å². The van der Waals surface area contributed by atoms with Gasteiger partial charge in [-0.15, -0.1) is 0 Å².